The molecule has 0 atom stereocenters. The smallest absolute Gasteiger partial charge is 0.347 e. The maximum Gasteiger partial charge on any atom is 0.347 e. The molecule has 4 rings (SSSR count). The number of esters is 1. The number of rotatable bonds is 4. The first-order chi connectivity index (χ1) is 13.9. The zero-order valence-electron chi connectivity index (χ0n) is 15.1. The molecule has 0 radical (unpaired) electrons. The molecule has 0 unspecified atom stereocenters. The Kier molecular flexibility index (Phi) is 4.31. The maximum atomic E-state index is 12.6. The van der Waals surface area contributed by atoms with Crippen LogP contribution in [0.15, 0.2) is 56.1 Å². The molecule has 8 nitrogen and oxygen atoms in total. The minimum atomic E-state index is -1.17. The minimum absolute atomic E-state index is 0.0220. The van der Waals surface area contributed by atoms with E-state index < -0.39 is 24.0 Å². The number of carbonyl (C=O) groups excluding carboxylic acids is 1. The van der Waals surface area contributed by atoms with Crippen LogP contribution in [0.25, 0.3) is 33.3 Å². The molecule has 0 amide bonds. The van der Waals surface area contributed by atoms with E-state index in [1.54, 1.807) is 24.3 Å². The Morgan fingerprint density at radius 1 is 1.10 bits per heavy atom. The topological polar surface area (TPSA) is 127 Å². The van der Waals surface area contributed by atoms with Crippen molar-refractivity contribution in [3.05, 3.63) is 64.0 Å². The summed E-state index contributed by atoms with van der Waals surface area (Å²) in [4.78, 5) is 35.9. The average Bonchev–Trinajstić information content (AvgIpc) is 3.07. The van der Waals surface area contributed by atoms with Crippen LogP contribution < -0.4 is 5.63 Å². The van der Waals surface area contributed by atoms with Gasteiger partial charge in [-0.15, -0.1) is 0 Å². The molecule has 0 aliphatic carbocycles. The highest BCUT2D eigenvalue weighted by atomic mass is 16.5. The van der Waals surface area contributed by atoms with Gasteiger partial charge in [0.2, 0.25) is 0 Å². The summed E-state index contributed by atoms with van der Waals surface area (Å²) >= 11 is 0. The van der Waals surface area contributed by atoms with Crippen LogP contribution >= 0.6 is 0 Å². The van der Waals surface area contributed by atoms with E-state index in [9.17, 15) is 24.6 Å². The van der Waals surface area contributed by atoms with Gasteiger partial charge >= 0.3 is 17.6 Å². The van der Waals surface area contributed by atoms with Gasteiger partial charge < -0.3 is 23.8 Å². The number of phenols is 1. The standard InChI is InChI=1S/C21H14O8/c1-27-20(25)12-8-10(6-7-14(12)22)18-13(9-16(23)24)17-19(29-18)11-4-2-3-5-15(11)28-21(17)26/h2-8,22H,9H2,1H3,(H,23,24). The summed E-state index contributed by atoms with van der Waals surface area (Å²) in [6.45, 7) is 0. The quantitative estimate of drug-likeness (QED) is 0.399. The van der Waals surface area contributed by atoms with Crippen molar-refractivity contribution in [2.45, 2.75) is 6.42 Å². The first-order valence-electron chi connectivity index (χ1n) is 8.51. The van der Waals surface area contributed by atoms with Crippen LogP contribution in [-0.4, -0.2) is 29.3 Å². The summed E-state index contributed by atoms with van der Waals surface area (Å²) in [6, 6.07) is 10.8. The third-order valence-corrected chi connectivity index (χ3v) is 4.54. The predicted molar refractivity (Wildman–Crippen MR) is 102 cm³/mol. The third-order valence-electron chi connectivity index (χ3n) is 4.54. The molecule has 0 saturated heterocycles. The number of hydrogen-bond acceptors (Lipinski definition) is 7. The zero-order chi connectivity index (χ0) is 20.7. The van der Waals surface area contributed by atoms with E-state index >= 15 is 0 Å². The van der Waals surface area contributed by atoms with Crippen molar-refractivity contribution >= 4 is 33.9 Å². The highest BCUT2D eigenvalue weighted by molar-refractivity contribution is 6.05. The average molecular weight is 394 g/mol. The van der Waals surface area contributed by atoms with Crippen LogP contribution in [0.3, 0.4) is 0 Å². The van der Waals surface area contributed by atoms with E-state index in [1.165, 1.54) is 25.3 Å². The van der Waals surface area contributed by atoms with E-state index in [-0.39, 0.29) is 33.6 Å². The van der Waals surface area contributed by atoms with Crippen LogP contribution in [0.1, 0.15) is 15.9 Å². The van der Waals surface area contributed by atoms with Gasteiger partial charge in [0, 0.05) is 11.1 Å². The lowest BCUT2D eigenvalue weighted by atomic mass is 10.0. The fourth-order valence-corrected chi connectivity index (χ4v) is 3.27. The Hall–Kier alpha value is -4.07. The number of carbonyl (C=O) groups is 2. The molecule has 29 heavy (non-hydrogen) atoms. The lowest BCUT2D eigenvalue weighted by molar-refractivity contribution is -0.136. The first kappa shape index (κ1) is 18.3. The van der Waals surface area contributed by atoms with Crippen LogP contribution in [0.5, 0.6) is 5.75 Å². The van der Waals surface area contributed by atoms with Crippen LogP contribution in [0.2, 0.25) is 0 Å². The maximum absolute atomic E-state index is 12.6. The number of ether oxygens (including phenoxy) is 1. The Balaban J connectivity index is 2.08. The molecular formula is C21H14O8. The molecule has 0 saturated carbocycles. The van der Waals surface area contributed by atoms with Crippen molar-refractivity contribution in [3.8, 4) is 17.1 Å². The SMILES string of the molecule is COC(=O)c1cc(-c2oc3c(c2CC(=O)O)c(=O)oc2ccccc23)ccc1O. The van der Waals surface area contributed by atoms with Gasteiger partial charge in [-0.2, -0.15) is 0 Å². The fraction of sp³-hybridized carbons (Fsp3) is 0.0952. The number of furan rings is 1. The van der Waals surface area contributed by atoms with Crippen LogP contribution in [-0.2, 0) is 16.0 Å². The normalized spacial score (nSPS) is 11.1. The summed E-state index contributed by atoms with van der Waals surface area (Å²) in [6.07, 6.45) is -0.500. The summed E-state index contributed by atoms with van der Waals surface area (Å²) < 4.78 is 15.9. The highest BCUT2D eigenvalue weighted by Crippen LogP contribution is 2.37. The number of aromatic hydroxyl groups is 1. The molecule has 2 aromatic heterocycles. The van der Waals surface area contributed by atoms with Crippen molar-refractivity contribution < 1.29 is 33.4 Å². The molecular weight excluding hydrogens is 380 g/mol. The molecule has 2 N–H and O–H groups in total. The molecule has 146 valence electrons. The lowest BCUT2D eigenvalue weighted by Gasteiger charge is -2.06. The molecule has 0 fully saturated rings. The molecule has 8 heteroatoms. The van der Waals surface area contributed by atoms with Crippen molar-refractivity contribution in [3.63, 3.8) is 0 Å². The van der Waals surface area contributed by atoms with Crippen molar-refractivity contribution in [2.75, 3.05) is 7.11 Å². The molecule has 0 bridgehead atoms. The van der Waals surface area contributed by atoms with Gasteiger partial charge in [0.15, 0.2) is 5.58 Å². The largest absolute Gasteiger partial charge is 0.507 e. The van der Waals surface area contributed by atoms with Gasteiger partial charge in [-0.1, -0.05) is 12.1 Å². The predicted octanol–water partition coefficient (Wildman–Crippen LogP) is 3.33. The van der Waals surface area contributed by atoms with Gasteiger partial charge in [-0.3, -0.25) is 4.79 Å². The second-order valence-electron chi connectivity index (χ2n) is 6.29. The molecule has 0 aliphatic rings. The summed E-state index contributed by atoms with van der Waals surface area (Å²) in [7, 11) is 1.17. The monoisotopic (exact) mass is 394 g/mol. The zero-order valence-corrected chi connectivity index (χ0v) is 15.1. The van der Waals surface area contributed by atoms with Gasteiger partial charge in [-0.05, 0) is 30.3 Å². The van der Waals surface area contributed by atoms with Gasteiger partial charge in [0.1, 0.15) is 28.0 Å². The number of benzene rings is 2. The number of hydrogen-bond donors (Lipinski definition) is 2. The third kappa shape index (κ3) is 3.00. The minimum Gasteiger partial charge on any atom is -0.507 e. The first-order valence-corrected chi connectivity index (χ1v) is 8.51. The number of carboxylic acid groups (broad SMARTS) is 1. The number of para-hydroxylation sites is 1. The van der Waals surface area contributed by atoms with Gasteiger partial charge in [-0.25, -0.2) is 9.59 Å². The molecule has 2 aromatic carbocycles. The number of aliphatic carboxylic acids is 1. The Bertz CT molecular complexity index is 1340. The number of phenolic OH excluding ortho intramolecular Hbond substituents is 1. The number of fused-ring (bicyclic) bond motifs is 3. The second-order valence-corrected chi connectivity index (χ2v) is 6.29. The van der Waals surface area contributed by atoms with Crippen LogP contribution in [0.4, 0.5) is 0 Å². The summed E-state index contributed by atoms with van der Waals surface area (Å²) in [5.74, 6) is -2.16. The Labute approximate surface area is 162 Å². The number of methoxy groups -OCH3 is 1. The van der Waals surface area contributed by atoms with Gasteiger partial charge in [0.25, 0.3) is 0 Å². The molecule has 4 aromatic rings. The van der Waals surface area contributed by atoms with Gasteiger partial charge in [0.05, 0.1) is 18.9 Å². The van der Waals surface area contributed by atoms with E-state index in [0.29, 0.717) is 16.5 Å². The van der Waals surface area contributed by atoms with E-state index in [2.05, 4.69) is 4.74 Å². The van der Waals surface area contributed by atoms with Crippen molar-refractivity contribution in [2.24, 2.45) is 0 Å². The summed E-state index contributed by atoms with van der Waals surface area (Å²) in [5, 5.41) is 19.8. The summed E-state index contributed by atoms with van der Waals surface area (Å²) in [5.41, 5.74) is 0.0668. The van der Waals surface area contributed by atoms with E-state index in [0.717, 1.165) is 0 Å². The van der Waals surface area contributed by atoms with Crippen molar-refractivity contribution in [1.82, 2.24) is 0 Å². The lowest BCUT2D eigenvalue weighted by Crippen LogP contribution is -2.06. The second kappa shape index (κ2) is 6.83. The highest BCUT2D eigenvalue weighted by Gasteiger charge is 2.25. The Morgan fingerprint density at radius 2 is 1.86 bits per heavy atom. The molecule has 0 spiro atoms. The Morgan fingerprint density at radius 3 is 2.59 bits per heavy atom. The number of carboxylic acids is 1. The molecule has 0 aliphatic heterocycles. The molecule has 2 heterocycles. The van der Waals surface area contributed by atoms with Crippen molar-refractivity contribution in [1.29, 1.82) is 0 Å². The fourth-order valence-electron chi connectivity index (χ4n) is 3.27. The van der Waals surface area contributed by atoms with E-state index in [4.69, 9.17) is 8.83 Å². The van der Waals surface area contributed by atoms with Crippen LogP contribution in [0, 0.1) is 0 Å². The van der Waals surface area contributed by atoms with E-state index in [1.807, 2.05) is 0 Å².